The van der Waals surface area contributed by atoms with Crippen LogP contribution in [0, 0.1) is 6.92 Å². The molecule has 0 radical (unpaired) electrons. The fraction of sp³-hybridized carbons (Fsp3) is 0.562. The molecule has 0 atom stereocenters. The quantitative estimate of drug-likeness (QED) is 0.330. The number of benzene rings is 1. The predicted octanol–water partition coefficient (Wildman–Crippen LogP) is 3.69. The first-order valence-corrected chi connectivity index (χ1v) is 7.49. The molecule has 0 aromatic heterocycles. The number of hydrogen-bond acceptors (Lipinski definition) is 2. The van der Waals surface area contributed by atoms with Crippen LogP contribution >= 0.6 is 24.0 Å². The standard InChI is InChI=1S/C16H25N3O.HI/c1-13-7-9-14(10-8-13)19-16(17)18-11-4-12-20-15-5-2-3-6-15;/h7-10,15H,2-6,11-12H2,1H3,(H3,17,18,19);1H. The van der Waals surface area contributed by atoms with E-state index in [2.05, 4.69) is 17.2 Å². The lowest BCUT2D eigenvalue weighted by Gasteiger charge is -2.10. The fourth-order valence-corrected chi connectivity index (χ4v) is 2.39. The molecule has 0 saturated heterocycles. The van der Waals surface area contributed by atoms with E-state index in [0.717, 1.165) is 18.7 Å². The van der Waals surface area contributed by atoms with E-state index in [-0.39, 0.29) is 24.0 Å². The van der Waals surface area contributed by atoms with Crippen LogP contribution in [-0.2, 0) is 4.74 Å². The molecule has 4 nitrogen and oxygen atoms in total. The minimum Gasteiger partial charge on any atom is -0.378 e. The Labute approximate surface area is 144 Å². The summed E-state index contributed by atoms with van der Waals surface area (Å²) in [5.41, 5.74) is 8.05. The van der Waals surface area contributed by atoms with E-state index in [1.807, 2.05) is 24.3 Å². The van der Waals surface area contributed by atoms with Crippen LogP contribution in [-0.4, -0.2) is 25.2 Å². The Kier molecular flexibility index (Phi) is 8.68. The van der Waals surface area contributed by atoms with E-state index in [9.17, 15) is 0 Å². The molecule has 1 saturated carbocycles. The Morgan fingerprint density at radius 1 is 1.29 bits per heavy atom. The van der Waals surface area contributed by atoms with Crippen LogP contribution in [0.4, 0.5) is 5.69 Å². The SMILES string of the molecule is Cc1ccc(NC(N)=NCCCOC2CCCC2)cc1.I. The van der Waals surface area contributed by atoms with Gasteiger partial charge in [0.05, 0.1) is 6.10 Å². The average Bonchev–Trinajstić information content (AvgIpc) is 2.94. The number of nitrogens with one attached hydrogen (secondary N) is 1. The van der Waals surface area contributed by atoms with Crippen molar-refractivity contribution in [3.63, 3.8) is 0 Å². The number of nitrogens with zero attached hydrogens (tertiary/aromatic N) is 1. The van der Waals surface area contributed by atoms with Gasteiger partial charge >= 0.3 is 0 Å². The fourth-order valence-electron chi connectivity index (χ4n) is 2.39. The molecule has 0 spiro atoms. The van der Waals surface area contributed by atoms with Gasteiger partial charge in [0.1, 0.15) is 0 Å². The highest BCUT2D eigenvalue weighted by Gasteiger charge is 2.14. The van der Waals surface area contributed by atoms with Crippen molar-refractivity contribution in [2.75, 3.05) is 18.5 Å². The van der Waals surface area contributed by atoms with Gasteiger partial charge in [-0.1, -0.05) is 30.5 Å². The summed E-state index contributed by atoms with van der Waals surface area (Å²) < 4.78 is 5.79. The van der Waals surface area contributed by atoms with Crippen LogP contribution < -0.4 is 11.1 Å². The average molecular weight is 403 g/mol. The molecule has 1 aromatic carbocycles. The van der Waals surface area contributed by atoms with E-state index < -0.39 is 0 Å². The molecule has 21 heavy (non-hydrogen) atoms. The number of halogens is 1. The number of ether oxygens (including phenoxy) is 1. The Balaban J connectivity index is 0.00000220. The molecule has 0 heterocycles. The number of nitrogens with two attached hydrogens (primary N) is 1. The lowest BCUT2D eigenvalue weighted by molar-refractivity contribution is 0.0579. The second-order valence-corrected chi connectivity index (χ2v) is 5.39. The van der Waals surface area contributed by atoms with Crippen LogP contribution in [0.3, 0.4) is 0 Å². The summed E-state index contributed by atoms with van der Waals surface area (Å²) in [6.07, 6.45) is 6.49. The second kappa shape index (κ2) is 10.00. The number of anilines is 1. The first-order valence-electron chi connectivity index (χ1n) is 7.49. The van der Waals surface area contributed by atoms with Gasteiger partial charge in [-0.15, -0.1) is 24.0 Å². The number of hydrogen-bond donors (Lipinski definition) is 2. The van der Waals surface area contributed by atoms with E-state index in [4.69, 9.17) is 10.5 Å². The van der Waals surface area contributed by atoms with Crippen molar-refractivity contribution in [2.24, 2.45) is 10.7 Å². The molecule has 2 rings (SSSR count). The van der Waals surface area contributed by atoms with E-state index >= 15 is 0 Å². The van der Waals surface area contributed by atoms with Crippen LogP contribution in [0.1, 0.15) is 37.7 Å². The van der Waals surface area contributed by atoms with Crippen molar-refractivity contribution in [3.8, 4) is 0 Å². The van der Waals surface area contributed by atoms with Gasteiger partial charge in [-0.05, 0) is 38.3 Å². The van der Waals surface area contributed by atoms with Gasteiger partial charge in [0, 0.05) is 18.8 Å². The number of aliphatic imine (C=N–C) groups is 1. The van der Waals surface area contributed by atoms with E-state index in [0.29, 0.717) is 18.6 Å². The number of rotatable bonds is 6. The molecule has 1 fully saturated rings. The topological polar surface area (TPSA) is 59.6 Å². The van der Waals surface area contributed by atoms with Crippen molar-refractivity contribution in [2.45, 2.75) is 45.1 Å². The Hall–Kier alpha value is -0.820. The third-order valence-corrected chi connectivity index (χ3v) is 3.56. The molecule has 0 unspecified atom stereocenters. The zero-order valence-electron chi connectivity index (χ0n) is 12.7. The van der Waals surface area contributed by atoms with Crippen LogP contribution in [0.25, 0.3) is 0 Å². The maximum Gasteiger partial charge on any atom is 0.193 e. The highest BCUT2D eigenvalue weighted by atomic mass is 127. The highest BCUT2D eigenvalue weighted by molar-refractivity contribution is 14.0. The molecule has 0 aliphatic heterocycles. The van der Waals surface area contributed by atoms with E-state index in [1.165, 1.54) is 31.2 Å². The Morgan fingerprint density at radius 2 is 1.95 bits per heavy atom. The smallest absolute Gasteiger partial charge is 0.193 e. The summed E-state index contributed by atoms with van der Waals surface area (Å²) in [6.45, 7) is 3.55. The third-order valence-electron chi connectivity index (χ3n) is 3.56. The van der Waals surface area contributed by atoms with E-state index in [1.54, 1.807) is 0 Å². The van der Waals surface area contributed by atoms with Gasteiger partial charge in [-0.3, -0.25) is 4.99 Å². The molecular weight excluding hydrogens is 377 g/mol. The predicted molar refractivity (Wildman–Crippen MR) is 99.5 cm³/mol. The Morgan fingerprint density at radius 3 is 2.62 bits per heavy atom. The molecule has 1 aliphatic carbocycles. The summed E-state index contributed by atoms with van der Waals surface area (Å²) in [4.78, 5) is 4.31. The largest absolute Gasteiger partial charge is 0.378 e. The lowest BCUT2D eigenvalue weighted by Crippen LogP contribution is -2.23. The molecule has 1 aromatic rings. The number of guanidine groups is 1. The molecule has 0 amide bonds. The van der Waals surface area contributed by atoms with Crippen molar-refractivity contribution in [1.82, 2.24) is 0 Å². The first-order chi connectivity index (χ1) is 9.74. The van der Waals surface area contributed by atoms with Gasteiger partial charge in [-0.2, -0.15) is 0 Å². The summed E-state index contributed by atoms with van der Waals surface area (Å²) >= 11 is 0. The van der Waals surface area contributed by atoms with Crippen molar-refractivity contribution >= 4 is 35.6 Å². The van der Waals surface area contributed by atoms with Crippen molar-refractivity contribution < 1.29 is 4.74 Å². The van der Waals surface area contributed by atoms with Crippen molar-refractivity contribution in [1.29, 1.82) is 0 Å². The molecule has 118 valence electrons. The van der Waals surface area contributed by atoms with Crippen molar-refractivity contribution in [3.05, 3.63) is 29.8 Å². The lowest BCUT2D eigenvalue weighted by atomic mass is 10.2. The van der Waals surface area contributed by atoms with Gasteiger partial charge < -0.3 is 15.8 Å². The van der Waals surface area contributed by atoms with Gasteiger partial charge in [0.15, 0.2) is 5.96 Å². The minimum absolute atomic E-state index is 0. The molecule has 3 N–H and O–H groups in total. The summed E-state index contributed by atoms with van der Waals surface area (Å²) in [5, 5.41) is 3.09. The summed E-state index contributed by atoms with van der Waals surface area (Å²) in [5.74, 6) is 0.467. The molecule has 1 aliphatic rings. The third kappa shape index (κ3) is 7.13. The Bertz CT molecular complexity index is 428. The van der Waals surface area contributed by atoms with Crippen LogP contribution in [0.15, 0.2) is 29.3 Å². The summed E-state index contributed by atoms with van der Waals surface area (Å²) in [6, 6.07) is 8.10. The zero-order chi connectivity index (χ0) is 14.2. The maximum atomic E-state index is 5.85. The monoisotopic (exact) mass is 403 g/mol. The normalized spacial score (nSPS) is 15.8. The summed E-state index contributed by atoms with van der Waals surface area (Å²) in [7, 11) is 0. The molecule has 0 bridgehead atoms. The highest BCUT2D eigenvalue weighted by Crippen LogP contribution is 2.20. The van der Waals surface area contributed by atoms with Crippen LogP contribution in [0.2, 0.25) is 0 Å². The molecule has 5 heteroatoms. The van der Waals surface area contributed by atoms with Gasteiger partial charge in [0.25, 0.3) is 0 Å². The molecular formula is C16H26IN3O. The van der Waals surface area contributed by atoms with Gasteiger partial charge in [0.2, 0.25) is 0 Å². The zero-order valence-corrected chi connectivity index (χ0v) is 15.0. The second-order valence-electron chi connectivity index (χ2n) is 5.39. The minimum atomic E-state index is 0. The van der Waals surface area contributed by atoms with Gasteiger partial charge in [-0.25, -0.2) is 0 Å². The number of aryl methyl sites for hydroxylation is 1. The first kappa shape index (κ1) is 18.2. The van der Waals surface area contributed by atoms with Crippen LogP contribution in [0.5, 0.6) is 0 Å². The maximum absolute atomic E-state index is 5.85.